The zero-order valence-corrected chi connectivity index (χ0v) is 16.0. The van der Waals surface area contributed by atoms with Crippen LogP contribution in [0.4, 0.5) is 4.39 Å². The van der Waals surface area contributed by atoms with Crippen LogP contribution in [0.2, 0.25) is 0 Å². The first-order valence-electron chi connectivity index (χ1n) is 9.73. The van der Waals surface area contributed by atoms with Crippen LogP contribution in [-0.4, -0.2) is 45.9 Å². The molecule has 1 amide bonds. The minimum Gasteiger partial charge on any atom is -0.349 e. The second-order valence-corrected chi connectivity index (χ2v) is 7.06. The van der Waals surface area contributed by atoms with Gasteiger partial charge < -0.3 is 10.2 Å². The average Bonchev–Trinajstić information content (AvgIpc) is 2.70. The second-order valence-electron chi connectivity index (χ2n) is 7.06. The lowest BCUT2D eigenvalue weighted by atomic mass is 10.0. The molecule has 0 atom stereocenters. The van der Waals surface area contributed by atoms with Gasteiger partial charge in [-0.25, -0.2) is 14.4 Å². The maximum Gasteiger partial charge on any atom is 0.254 e. The molecule has 5 nitrogen and oxygen atoms in total. The molecule has 2 aromatic rings. The van der Waals surface area contributed by atoms with Crippen LogP contribution in [0.15, 0.2) is 36.7 Å². The van der Waals surface area contributed by atoms with Crippen molar-refractivity contribution in [3.63, 3.8) is 0 Å². The summed E-state index contributed by atoms with van der Waals surface area (Å²) in [6, 6.07) is 6.94. The highest BCUT2D eigenvalue weighted by molar-refractivity contribution is 5.93. The number of nitrogens with zero attached hydrogens (tertiary/aromatic N) is 3. The number of benzene rings is 1. The highest BCUT2D eigenvalue weighted by Gasteiger charge is 2.24. The van der Waals surface area contributed by atoms with Gasteiger partial charge in [-0.05, 0) is 37.8 Å². The number of halogens is 1. The number of aromatic nitrogens is 2. The van der Waals surface area contributed by atoms with Crippen LogP contribution in [-0.2, 0) is 0 Å². The standard InChI is InChI=1S/C21H27FN4O/c1-3-19(4-2)26-10-8-18(9-11-26)25-21(27)16-13-23-20(24-14-16)15-6-5-7-17(22)12-15/h5-7,12-14,18-19H,3-4,8-11H2,1-2H3,(H,25,27). The fourth-order valence-electron chi connectivity index (χ4n) is 3.70. The lowest BCUT2D eigenvalue weighted by Crippen LogP contribution is -2.47. The maximum absolute atomic E-state index is 13.3. The Morgan fingerprint density at radius 1 is 1.22 bits per heavy atom. The van der Waals surface area contributed by atoms with Gasteiger partial charge in [-0.15, -0.1) is 0 Å². The van der Waals surface area contributed by atoms with Crippen molar-refractivity contribution in [2.75, 3.05) is 13.1 Å². The Bertz CT molecular complexity index is 753. The van der Waals surface area contributed by atoms with Gasteiger partial charge in [0.1, 0.15) is 5.82 Å². The smallest absolute Gasteiger partial charge is 0.254 e. The molecule has 2 heterocycles. The van der Waals surface area contributed by atoms with E-state index in [1.165, 1.54) is 37.4 Å². The lowest BCUT2D eigenvalue weighted by molar-refractivity contribution is 0.0886. The van der Waals surface area contributed by atoms with E-state index in [1.54, 1.807) is 12.1 Å². The van der Waals surface area contributed by atoms with Crippen LogP contribution in [0.25, 0.3) is 11.4 Å². The third kappa shape index (κ3) is 4.89. The molecule has 0 bridgehead atoms. The molecule has 1 N–H and O–H groups in total. The molecule has 27 heavy (non-hydrogen) atoms. The highest BCUT2D eigenvalue weighted by atomic mass is 19.1. The van der Waals surface area contributed by atoms with E-state index in [9.17, 15) is 9.18 Å². The summed E-state index contributed by atoms with van der Waals surface area (Å²) >= 11 is 0. The number of amides is 1. The van der Waals surface area contributed by atoms with E-state index in [-0.39, 0.29) is 17.8 Å². The molecule has 0 saturated carbocycles. The molecule has 1 saturated heterocycles. The van der Waals surface area contributed by atoms with Crippen LogP contribution in [0.3, 0.4) is 0 Å². The van der Waals surface area contributed by atoms with Crippen LogP contribution in [0.5, 0.6) is 0 Å². The van der Waals surface area contributed by atoms with Crippen molar-refractivity contribution >= 4 is 5.91 Å². The number of piperidine rings is 1. The fraction of sp³-hybridized carbons (Fsp3) is 0.476. The van der Waals surface area contributed by atoms with Gasteiger partial charge in [0.15, 0.2) is 5.82 Å². The lowest BCUT2D eigenvalue weighted by Gasteiger charge is -2.37. The summed E-state index contributed by atoms with van der Waals surface area (Å²) in [5.41, 5.74) is 1.02. The minimum absolute atomic E-state index is 0.151. The summed E-state index contributed by atoms with van der Waals surface area (Å²) in [5.74, 6) is -0.0797. The van der Waals surface area contributed by atoms with Crippen molar-refractivity contribution < 1.29 is 9.18 Å². The molecule has 1 aliphatic rings. The quantitative estimate of drug-likeness (QED) is 0.843. The molecular weight excluding hydrogens is 343 g/mol. The summed E-state index contributed by atoms with van der Waals surface area (Å²) in [5, 5.41) is 3.09. The van der Waals surface area contributed by atoms with E-state index in [4.69, 9.17) is 0 Å². The van der Waals surface area contributed by atoms with Gasteiger partial charge >= 0.3 is 0 Å². The monoisotopic (exact) mass is 370 g/mol. The Labute approximate surface area is 160 Å². The molecule has 0 unspecified atom stereocenters. The molecule has 0 aliphatic carbocycles. The minimum atomic E-state index is -0.336. The molecule has 144 valence electrons. The average molecular weight is 370 g/mol. The van der Waals surface area contributed by atoms with E-state index >= 15 is 0 Å². The summed E-state index contributed by atoms with van der Waals surface area (Å²) < 4.78 is 13.3. The van der Waals surface area contributed by atoms with Crippen molar-refractivity contribution in [1.82, 2.24) is 20.2 Å². The van der Waals surface area contributed by atoms with Crippen molar-refractivity contribution in [3.8, 4) is 11.4 Å². The van der Waals surface area contributed by atoms with Gasteiger partial charge in [-0.1, -0.05) is 26.0 Å². The zero-order valence-electron chi connectivity index (χ0n) is 16.0. The summed E-state index contributed by atoms with van der Waals surface area (Å²) in [4.78, 5) is 23.4. The molecule has 0 spiro atoms. The van der Waals surface area contributed by atoms with Gasteiger partial charge in [0.25, 0.3) is 5.91 Å². The number of hydrogen-bond donors (Lipinski definition) is 1. The molecule has 1 fully saturated rings. The van der Waals surface area contributed by atoms with Gasteiger partial charge in [-0.2, -0.15) is 0 Å². The first-order valence-corrected chi connectivity index (χ1v) is 9.73. The third-order valence-corrected chi connectivity index (χ3v) is 5.32. The van der Waals surface area contributed by atoms with Gasteiger partial charge in [-0.3, -0.25) is 4.79 Å². The molecule has 1 aromatic carbocycles. The Morgan fingerprint density at radius 2 is 1.89 bits per heavy atom. The molecule has 1 aliphatic heterocycles. The Hall–Kier alpha value is -2.34. The predicted octanol–water partition coefficient (Wildman–Crippen LogP) is 3.67. The first-order chi connectivity index (χ1) is 13.1. The van der Waals surface area contributed by atoms with Crippen LogP contribution in [0.1, 0.15) is 49.9 Å². The van der Waals surface area contributed by atoms with Crippen molar-refractivity contribution in [3.05, 3.63) is 48.0 Å². The number of carbonyl (C=O) groups excluding carboxylic acids is 1. The van der Waals surface area contributed by atoms with E-state index < -0.39 is 0 Å². The topological polar surface area (TPSA) is 58.1 Å². The number of carbonyl (C=O) groups is 1. The molecule has 0 radical (unpaired) electrons. The van der Waals surface area contributed by atoms with Gasteiger partial charge in [0.2, 0.25) is 0 Å². The maximum atomic E-state index is 13.3. The summed E-state index contributed by atoms with van der Waals surface area (Å²) in [6.07, 6.45) is 7.27. The zero-order chi connectivity index (χ0) is 19.2. The second kappa shape index (κ2) is 9.04. The Balaban J connectivity index is 1.56. The largest absolute Gasteiger partial charge is 0.349 e. The normalized spacial score (nSPS) is 15.9. The molecule has 6 heteroatoms. The van der Waals surface area contributed by atoms with E-state index in [1.807, 2.05) is 0 Å². The predicted molar refractivity (Wildman–Crippen MR) is 104 cm³/mol. The molecule has 3 rings (SSSR count). The molecule has 1 aromatic heterocycles. The van der Waals surface area contributed by atoms with Crippen molar-refractivity contribution in [2.24, 2.45) is 0 Å². The SMILES string of the molecule is CCC(CC)N1CCC(NC(=O)c2cnc(-c3cccc(F)c3)nc2)CC1. The number of rotatable bonds is 6. The van der Waals surface area contributed by atoms with Crippen molar-refractivity contribution in [2.45, 2.75) is 51.6 Å². The van der Waals surface area contributed by atoms with Gasteiger partial charge in [0, 0.05) is 43.1 Å². The van der Waals surface area contributed by atoms with Crippen LogP contribution in [0, 0.1) is 5.82 Å². The number of nitrogens with one attached hydrogen (secondary N) is 1. The Morgan fingerprint density at radius 3 is 2.48 bits per heavy atom. The first kappa shape index (κ1) is 19.4. The van der Waals surface area contributed by atoms with Crippen molar-refractivity contribution in [1.29, 1.82) is 0 Å². The number of likely N-dealkylation sites (tertiary alicyclic amines) is 1. The summed E-state index contributed by atoms with van der Waals surface area (Å²) in [6.45, 7) is 6.50. The fourth-order valence-corrected chi connectivity index (χ4v) is 3.70. The van der Waals surface area contributed by atoms with E-state index in [0.717, 1.165) is 25.9 Å². The Kier molecular flexibility index (Phi) is 6.50. The van der Waals surface area contributed by atoms with E-state index in [2.05, 4.69) is 34.0 Å². The number of hydrogen-bond acceptors (Lipinski definition) is 4. The van der Waals surface area contributed by atoms with Gasteiger partial charge in [0.05, 0.1) is 5.56 Å². The van der Waals surface area contributed by atoms with Crippen LogP contribution >= 0.6 is 0 Å². The highest BCUT2D eigenvalue weighted by Crippen LogP contribution is 2.18. The van der Waals surface area contributed by atoms with Crippen LogP contribution < -0.4 is 5.32 Å². The molecular formula is C21H27FN4O. The summed E-state index contributed by atoms with van der Waals surface area (Å²) in [7, 11) is 0. The third-order valence-electron chi connectivity index (χ3n) is 5.32. The van der Waals surface area contributed by atoms with E-state index in [0.29, 0.717) is 23.0 Å².